The van der Waals surface area contributed by atoms with Crippen molar-refractivity contribution in [1.29, 1.82) is 0 Å². The fourth-order valence-corrected chi connectivity index (χ4v) is 9.03. The second-order valence-corrected chi connectivity index (χ2v) is 19.3. The molecule has 77 heavy (non-hydrogen) atoms. The molecule has 8 aromatic carbocycles. The second kappa shape index (κ2) is 32.4. The monoisotopic (exact) mass is 1020 g/mol. The summed E-state index contributed by atoms with van der Waals surface area (Å²) in [6.07, 6.45) is 25.8. The van der Waals surface area contributed by atoms with Crippen molar-refractivity contribution < 1.29 is 18.9 Å². The van der Waals surface area contributed by atoms with Crippen LogP contribution in [0.3, 0.4) is 0 Å². The lowest BCUT2D eigenvalue weighted by molar-refractivity contribution is 0.299. The maximum Gasteiger partial charge on any atom is 0.127 e. The molecule has 0 spiro atoms. The van der Waals surface area contributed by atoms with E-state index in [1.165, 1.54) is 38.9 Å². The molecule has 0 heterocycles. The lowest BCUT2D eigenvalue weighted by Gasteiger charge is -2.16. The van der Waals surface area contributed by atoms with Gasteiger partial charge in [0.2, 0.25) is 0 Å². The van der Waals surface area contributed by atoms with Crippen molar-refractivity contribution in [2.45, 2.75) is 85.5 Å². The molecule has 0 aliphatic carbocycles. The summed E-state index contributed by atoms with van der Waals surface area (Å²) in [5.41, 5.74) is 14.4. The van der Waals surface area contributed by atoms with E-state index < -0.39 is 0 Å². The van der Waals surface area contributed by atoms with E-state index in [-0.39, 0.29) is 0 Å². The summed E-state index contributed by atoms with van der Waals surface area (Å²) in [6, 6.07) is 68.0. The quantitative estimate of drug-likeness (QED) is 0.0380. The van der Waals surface area contributed by atoms with E-state index in [1.807, 2.05) is 13.8 Å². The lowest BCUT2D eigenvalue weighted by Crippen LogP contribution is -2.05. The first-order valence-corrected chi connectivity index (χ1v) is 27.8. The minimum atomic E-state index is 0.670. The summed E-state index contributed by atoms with van der Waals surface area (Å²) in [6.45, 7) is 11.1. The minimum Gasteiger partial charge on any atom is -0.493 e. The standard InChI is InChI=1S/C37H40O2.C36H38O2/c1-3-13-30-20-22-33(23-21-30)24-25-35-29-36(38-26-11-18-31-14-7-5-8-15-31)34(4-2)28-37(35)39-27-12-19-32-16-9-6-10-17-32;1-3-13-32-18-10-19-33(27-32)22-23-34-28-35(37-24-11-20-30-14-6-4-7-15-30)29(2)26-36(34)38-25-12-21-31-16-8-5-9-17-31/h3,5-10,13-17,20-25,28-29H,4,11-12,18-19,26-27H2,1-2H3;3-10,13-19,22-23,26-28H,11-12,20-21,24-25H2,1-2H3. The van der Waals surface area contributed by atoms with Gasteiger partial charge in [0.05, 0.1) is 26.4 Å². The number of ether oxygens (including phenoxy) is 4. The van der Waals surface area contributed by atoms with Crippen LogP contribution in [-0.4, -0.2) is 26.4 Å². The van der Waals surface area contributed by atoms with Gasteiger partial charge in [-0.2, -0.15) is 0 Å². The molecule has 0 bridgehead atoms. The SMILES string of the molecule is CC=Cc1ccc(C=Cc2cc(OCCCc3ccccc3)c(CC)cc2OCCCc2ccccc2)cc1.CC=Cc1cccc(C=Cc2cc(OCCCc3ccccc3)c(C)cc2OCCCc2ccccc2)c1. The summed E-state index contributed by atoms with van der Waals surface area (Å²) in [5, 5.41) is 0. The number of aryl methyl sites for hydroxylation is 6. The molecule has 4 heteroatoms. The van der Waals surface area contributed by atoms with Crippen LogP contribution in [0.25, 0.3) is 36.5 Å². The molecular formula is C73H78O4. The highest BCUT2D eigenvalue weighted by molar-refractivity contribution is 5.76. The molecular weight excluding hydrogens is 941 g/mol. The van der Waals surface area contributed by atoms with Crippen molar-refractivity contribution >= 4 is 36.5 Å². The van der Waals surface area contributed by atoms with Crippen LogP contribution in [0.5, 0.6) is 23.0 Å². The topological polar surface area (TPSA) is 36.9 Å². The average molecular weight is 1020 g/mol. The zero-order chi connectivity index (χ0) is 53.5. The molecule has 0 saturated carbocycles. The van der Waals surface area contributed by atoms with Crippen molar-refractivity contribution in [2.24, 2.45) is 0 Å². The number of rotatable bonds is 27. The molecule has 0 aromatic heterocycles. The smallest absolute Gasteiger partial charge is 0.127 e. The fraction of sp³-hybridized carbons (Fsp3) is 0.233. The summed E-state index contributed by atoms with van der Waals surface area (Å²) in [7, 11) is 0. The van der Waals surface area contributed by atoms with Gasteiger partial charge < -0.3 is 18.9 Å². The Hall–Kier alpha value is -8.08. The van der Waals surface area contributed by atoms with Crippen molar-refractivity contribution in [2.75, 3.05) is 26.4 Å². The summed E-state index contributed by atoms with van der Waals surface area (Å²) in [5.74, 6) is 3.67. The van der Waals surface area contributed by atoms with Crippen LogP contribution in [0.1, 0.15) is 113 Å². The highest BCUT2D eigenvalue weighted by Gasteiger charge is 2.12. The highest BCUT2D eigenvalue weighted by atomic mass is 16.5. The molecule has 8 aromatic rings. The predicted molar refractivity (Wildman–Crippen MR) is 328 cm³/mol. The number of hydrogen-bond donors (Lipinski definition) is 0. The van der Waals surface area contributed by atoms with Gasteiger partial charge in [0.25, 0.3) is 0 Å². The maximum atomic E-state index is 6.36. The molecule has 0 atom stereocenters. The first-order valence-electron chi connectivity index (χ1n) is 27.8. The highest BCUT2D eigenvalue weighted by Crippen LogP contribution is 2.33. The molecule has 0 N–H and O–H groups in total. The Morgan fingerprint density at radius 3 is 1.13 bits per heavy atom. The summed E-state index contributed by atoms with van der Waals surface area (Å²) in [4.78, 5) is 0. The van der Waals surface area contributed by atoms with Gasteiger partial charge in [0.1, 0.15) is 23.0 Å². The van der Waals surface area contributed by atoms with Gasteiger partial charge in [-0.25, -0.2) is 0 Å². The van der Waals surface area contributed by atoms with Crippen molar-refractivity contribution in [3.63, 3.8) is 0 Å². The third-order valence-corrected chi connectivity index (χ3v) is 13.2. The van der Waals surface area contributed by atoms with E-state index >= 15 is 0 Å². The normalized spacial score (nSPS) is 11.3. The third-order valence-electron chi connectivity index (χ3n) is 13.2. The maximum absolute atomic E-state index is 6.36. The van der Waals surface area contributed by atoms with Crippen molar-refractivity contribution in [3.8, 4) is 23.0 Å². The van der Waals surface area contributed by atoms with E-state index in [4.69, 9.17) is 18.9 Å². The van der Waals surface area contributed by atoms with Crippen molar-refractivity contribution in [3.05, 3.63) is 273 Å². The molecule has 4 nitrogen and oxygen atoms in total. The summed E-state index contributed by atoms with van der Waals surface area (Å²) >= 11 is 0. The van der Waals surface area contributed by atoms with Crippen LogP contribution in [0.15, 0.2) is 206 Å². The van der Waals surface area contributed by atoms with Crippen LogP contribution in [0.4, 0.5) is 0 Å². The van der Waals surface area contributed by atoms with Gasteiger partial charge in [0, 0.05) is 11.1 Å². The van der Waals surface area contributed by atoms with Crippen LogP contribution in [-0.2, 0) is 32.1 Å². The van der Waals surface area contributed by atoms with Gasteiger partial charge >= 0.3 is 0 Å². The number of allylic oxidation sites excluding steroid dienone is 2. The predicted octanol–water partition coefficient (Wildman–Crippen LogP) is 18.7. The molecule has 0 radical (unpaired) electrons. The lowest BCUT2D eigenvalue weighted by atomic mass is 10.0. The molecule has 0 aliphatic rings. The Kier molecular flexibility index (Phi) is 23.8. The number of benzene rings is 8. The molecule has 0 fully saturated rings. The number of hydrogen-bond acceptors (Lipinski definition) is 4. The Bertz CT molecular complexity index is 3060. The molecule has 394 valence electrons. The van der Waals surface area contributed by atoms with Gasteiger partial charge in [-0.3, -0.25) is 0 Å². The second-order valence-electron chi connectivity index (χ2n) is 19.3. The van der Waals surface area contributed by atoms with Crippen LogP contribution in [0, 0.1) is 6.92 Å². The first-order chi connectivity index (χ1) is 38.0. The third kappa shape index (κ3) is 19.9. The molecule has 8 rings (SSSR count). The van der Waals surface area contributed by atoms with E-state index in [0.717, 1.165) is 109 Å². The van der Waals surface area contributed by atoms with Gasteiger partial charge in [-0.1, -0.05) is 219 Å². The van der Waals surface area contributed by atoms with E-state index in [2.05, 4.69) is 257 Å². The largest absolute Gasteiger partial charge is 0.493 e. The van der Waals surface area contributed by atoms with E-state index in [1.54, 1.807) is 0 Å². The minimum absolute atomic E-state index is 0.670. The van der Waals surface area contributed by atoms with Crippen molar-refractivity contribution in [1.82, 2.24) is 0 Å². The van der Waals surface area contributed by atoms with Gasteiger partial charge in [-0.15, -0.1) is 0 Å². The molecule has 0 aliphatic heterocycles. The van der Waals surface area contributed by atoms with Crippen LogP contribution < -0.4 is 18.9 Å². The van der Waals surface area contributed by atoms with Crippen LogP contribution in [0.2, 0.25) is 0 Å². The molecule has 0 saturated heterocycles. The average Bonchev–Trinajstić information content (AvgIpc) is 3.47. The van der Waals surface area contributed by atoms with Crippen LogP contribution >= 0.6 is 0 Å². The molecule has 0 amide bonds. The van der Waals surface area contributed by atoms with E-state index in [0.29, 0.717) is 26.4 Å². The van der Waals surface area contributed by atoms with Gasteiger partial charge in [0.15, 0.2) is 0 Å². The Balaban J connectivity index is 0.000000224. The Morgan fingerprint density at radius 2 is 0.688 bits per heavy atom. The zero-order valence-electron chi connectivity index (χ0n) is 45.9. The zero-order valence-corrected chi connectivity index (χ0v) is 45.9. The fourth-order valence-electron chi connectivity index (χ4n) is 9.03. The Labute approximate surface area is 461 Å². The van der Waals surface area contributed by atoms with Gasteiger partial charge in [-0.05, 0) is 165 Å². The Morgan fingerprint density at radius 1 is 0.325 bits per heavy atom. The van der Waals surface area contributed by atoms with E-state index in [9.17, 15) is 0 Å². The first kappa shape index (κ1) is 56.6. The molecule has 0 unspecified atom stereocenters. The summed E-state index contributed by atoms with van der Waals surface area (Å²) < 4.78 is 25.2.